The van der Waals surface area contributed by atoms with Crippen molar-refractivity contribution in [2.75, 3.05) is 6.61 Å². The van der Waals surface area contributed by atoms with E-state index in [1.807, 2.05) is 19.1 Å². The minimum Gasteiger partial charge on any atom is -0.486 e. The summed E-state index contributed by atoms with van der Waals surface area (Å²) in [5.41, 5.74) is 6.63. The van der Waals surface area contributed by atoms with Crippen molar-refractivity contribution in [3.63, 3.8) is 0 Å². The second-order valence-corrected chi connectivity index (χ2v) is 7.14. The van der Waals surface area contributed by atoms with Crippen LogP contribution in [0.1, 0.15) is 47.9 Å². The lowest BCUT2D eigenvalue weighted by molar-refractivity contribution is -0.136. The number of ether oxygens (including phenoxy) is 1. The number of carbonyl (C=O) groups is 1. The standard InChI is InChI=1S/C23H25FO3/c1-15-6-3-4-8-19(15)20-9-5-7-18(20)14-27-22-12-16(2)17(13-21(22)24)10-11-23(25)26/h3-4,6,8,12-13H,5,7,9-11,14H2,1-2H3,(H,25,26). The second-order valence-electron chi connectivity index (χ2n) is 7.14. The molecule has 2 aromatic carbocycles. The highest BCUT2D eigenvalue weighted by molar-refractivity contribution is 5.73. The maximum absolute atomic E-state index is 14.4. The van der Waals surface area contributed by atoms with Gasteiger partial charge in [0.15, 0.2) is 11.6 Å². The number of halogens is 1. The molecule has 3 nitrogen and oxygen atoms in total. The van der Waals surface area contributed by atoms with Crippen LogP contribution in [0, 0.1) is 19.7 Å². The van der Waals surface area contributed by atoms with Crippen LogP contribution in [-0.4, -0.2) is 17.7 Å². The Morgan fingerprint density at radius 3 is 2.67 bits per heavy atom. The molecule has 4 heteroatoms. The van der Waals surface area contributed by atoms with Crippen LogP contribution in [0.2, 0.25) is 0 Å². The van der Waals surface area contributed by atoms with Gasteiger partial charge in [0.2, 0.25) is 0 Å². The van der Waals surface area contributed by atoms with Gasteiger partial charge in [-0.25, -0.2) is 4.39 Å². The number of carboxylic acid groups (broad SMARTS) is 1. The second kappa shape index (κ2) is 8.38. The molecule has 0 atom stereocenters. The maximum Gasteiger partial charge on any atom is 0.303 e. The first-order chi connectivity index (χ1) is 13.0. The molecule has 0 saturated carbocycles. The van der Waals surface area contributed by atoms with Crippen molar-refractivity contribution >= 4 is 11.5 Å². The summed E-state index contributed by atoms with van der Waals surface area (Å²) >= 11 is 0. The van der Waals surface area contributed by atoms with Crippen molar-refractivity contribution in [3.05, 3.63) is 70.0 Å². The Balaban J connectivity index is 1.76. The fourth-order valence-electron chi connectivity index (χ4n) is 3.68. The first-order valence-electron chi connectivity index (χ1n) is 9.36. The van der Waals surface area contributed by atoms with Crippen molar-refractivity contribution in [2.45, 2.75) is 46.0 Å². The quantitative estimate of drug-likeness (QED) is 0.704. The van der Waals surface area contributed by atoms with E-state index < -0.39 is 11.8 Å². The van der Waals surface area contributed by atoms with E-state index in [1.54, 1.807) is 6.07 Å². The van der Waals surface area contributed by atoms with Crippen LogP contribution in [0.5, 0.6) is 5.75 Å². The summed E-state index contributed by atoms with van der Waals surface area (Å²) in [4.78, 5) is 10.7. The Labute approximate surface area is 159 Å². The topological polar surface area (TPSA) is 46.5 Å². The van der Waals surface area contributed by atoms with Gasteiger partial charge in [0, 0.05) is 6.42 Å². The van der Waals surface area contributed by atoms with E-state index >= 15 is 0 Å². The molecule has 0 amide bonds. The molecule has 0 aromatic heterocycles. The van der Waals surface area contributed by atoms with E-state index in [-0.39, 0.29) is 12.2 Å². The number of aryl methyl sites for hydroxylation is 3. The Morgan fingerprint density at radius 2 is 1.93 bits per heavy atom. The Kier molecular flexibility index (Phi) is 5.94. The fourth-order valence-corrected chi connectivity index (χ4v) is 3.68. The minimum atomic E-state index is -0.882. The number of allylic oxidation sites excluding steroid dienone is 1. The van der Waals surface area contributed by atoms with Crippen molar-refractivity contribution in [3.8, 4) is 5.75 Å². The first-order valence-corrected chi connectivity index (χ1v) is 9.36. The molecular weight excluding hydrogens is 343 g/mol. The Hall–Kier alpha value is -2.62. The zero-order chi connectivity index (χ0) is 19.4. The van der Waals surface area contributed by atoms with Crippen LogP contribution in [0.15, 0.2) is 42.0 Å². The highest BCUT2D eigenvalue weighted by Crippen LogP contribution is 2.36. The predicted octanol–water partition coefficient (Wildman–Crippen LogP) is 5.48. The molecule has 1 N–H and O–H groups in total. The van der Waals surface area contributed by atoms with Gasteiger partial charge in [0.05, 0.1) is 0 Å². The van der Waals surface area contributed by atoms with Crippen LogP contribution >= 0.6 is 0 Å². The third kappa shape index (κ3) is 4.57. The largest absolute Gasteiger partial charge is 0.486 e. The zero-order valence-electron chi connectivity index (χ0n) is 15.8. The van der Waals surface area contributed by atoms with Gasteiger partial charge < -0.3 is 9.84 Å². The summed E-state index contributed by atoms with van der Waals surface area (Å²) in [7, 11) is 0. The Morgan fingerprint density at radius 1 is 1.15 bits per heavy atom. The van der Waals surface area contributed by atoms with Gasteiger partial charge in [0.25, 0.3) is 0 Å². The van der Waals surface area contributed by atoms with Gasteiger partial charge in [-0.3, -0.25) is 4.79 Å². The third-order valence-electron chi connectivity index (χ3n) is 5.20. The third-order valence-corrected chi connectivity index (χ3v) is 5.20. The lowest BCUT2D eigenvalue weighted by Crippen LogP contribution is -2.05. The van der Waals surface area contributed by atoms with Crippen LogP contribution in [0.4, 0.5) is 4.39 Å². The monoisotopic (exact) mass is 368 g/mol. The summed E-state index contributed by atoms with van der Waals surface area (Å²) < 4.78 is 20.2. The van der Waals surface area contributed by atoms with Gasteiger partial charge >= 0.3 is 5.97 Å². The summed E-state index contributed by atoms with van der Waals surface area (Å²) in [6.45, 7) is 4.35. The van der Waals surface area contributed by atoms with Gasteiger partial charge in [-0.15, -0.1) is 0 Å². The lowest BCUT2D eigenvalue weighted by atomic mass is 9.98. The van der Waals surface area contributed by atoms with Crippen LogP contribution in [0.3, 0.4) is 0 Å². The lowest BCUT2D eigenvalue weighted by Gasteiger charge is -2.14. The number of carboxylic acids is 1. The van der Waals surface area contributed by atoms with E-state index in [1.165, 1.54) is 28.3 Å². The molecule has 0 aliphatic heterocycles. The number of rotatable bonds is 7. The van der Waals surface area contributed by atoms with Crippen LogP contribution < -0.4 is 4.74 Å². The number of benzene rings is 2. The van der Waals surface area contributed by atoms with Crippen molar-refractivity contribution in [1.29, 1.82) is 0 Å². The number of hydrogen-bond donors (Lipinski definition) is 1. The molecule has 0 heterocycles. The predicted molar refractivity (Wildman–Crippen MR) is 105 cm³/mol. The van der Waals surface area contributed by atoms with E-state index in [0.29, 0.717) is 18.6 Å². The molecule has 27 heavy (non-hydrogen) atoms. The highest BCUT2D eigenvalue weighted by atomic mass is 19.1. The molecule has 0 fully saturated rings. The SMILES string of the molecule is Cc1cc(OCC2=C(c3ccccc3C)CCC2)c(F)cc1CCC(=O)O. The molecule has 1 aliphatic rings. The van der Waals surface area contributed by atoms with Crippen LogP contribution in [-0.2, 0) is 11.2 Å². The van der Waals surface area contributed by atoms with Crippen molar-refractivity contribution in [1.82, 2.24) is 0 Å². The van der Waals surface area contributed by atoms with E-state index in [4.69, 9.17) is 9.84 Å². The molecule has 1 aliphatic carbocycles. The van der Waals surface area contributed by atoms with E-state index in [0.717, 1.165) is 24.8 Å². The first kappa shape index (κ1) is 19.2. The molecule has 142 valence electrons. The van der Waals surface area contributed by atoms with Crippen LogP contribution in [0.25, 0.3) is 5.57 Å². The van der Waals surface area contributed by atoms with Crippen molar-refractivity contribution < 1.29 is 19.0 Å². The maximum atomic E-state index is 14.4. The molecule has 0 unspecified atom stereocenters. The number of hydrogen-bond acceptors (Lipinski definition) is 2. The van der Waals surface area contributed by atoms with Gasteiger partial charge in [-0.05, 0) is 85.1 Å². The summed E-state index contributed by atoms with van der Waals surface area (Å²) in [5.74, 6) is -1.08. The van der Waals surface area contributed by atoms with E-state index in [9.17, 15) is 9.18 Å². The summed E-state index contributed by atoms with van der Waals surface area (Å²) in [6, 6.07) is 11.4. The smallest absolute Gasteiger partial charge is 0.303 e. The number of aliphatic carboxylic acids is 1. The molecule has 0 radical (unpaired) electrons. The molecule has 0 spiro atoms. The molecule has 0 saturated heterocycles. The minimum absolute atomic E-state index is 0.00679. The zero-order valence-corrected chi connectivity index (χ0v) is 15.8. The average Bonchev–Trinajstić information content (AvgIpc) is 3.09. The normalized spacial score (nSPS) is 13.9. The van der Waals surface area contributed by atoms with Gasteiger partial charge in [-0.1, -0.05) is 24.3 Å². The van der Waals surface area contributed by atoms with Gasteiger partial charge in [-0.2, -0.15) is 0 Å². The van der Waals surface area contributed by atoms with E-state index in [2.05, 4.69) is 19.1 Å². The van der Waals surface area contributed by atoms with Gasteiger partial charge in [0.1, 0.15) is 6.61 Å². The average molecular weight is 368 g/mol. The fraction of sp³-hybridized carbons (Fsp3) is 0.348. The molecular formula is C23H25FO3. The Bertz CT molecular complexity index is 883. The highest BCUT2D eigenvalue weighted by Gasteiger charge is 2.19. The molecule has 0 bridgehead atoms. The van der Waals surface area contributed by atoms with Crippen molar-refractivity contribution in [2.24, 2.45) is 0 Å². The molecule has 2 aromatic rings. The summed E-state index contributed by atoms with van der Waals surface area (Å²) in [6.07, 6.45) is 3.41. The molecule has 3 rings (SSSR count). The summed E-state index contributed by atoms with van der Waals surface area (Å²) in [5, 5.41) is 8.81.